The number of carbonyl (C=O) groups excluding carboxylic acids is 1. The average molecular weight is 248 g/mol. The number of hydrogen-bond donors (Lipinski definition) is 1. The van der Waals surface area contributed by atoms with Crippen LogP contribution in [0.1, 0.15) is 12.8 Å². The summed E-state index contributed by atoms with van der Waals surface area (Å²) in [7, 11) is 0. The second-order valence-corrected chi connectivity index (χ2v) is 5.65. The first-order valence-electron chi connectivity index (χ1n) is 6.10. The lowest BCUT2D eigenvalue weighted by Crippen LogP contribution is -2.41. The molecular weight excluding hydrogens is 232 g/mol. The first-order chi connectivity index (χ1) is 8.34. The van der Waals surface area contributed by atoms with E-state index in [2.05, 4.69) is 11.4 Å². The van der Waals surface area contributed by atoms with Gasteiger partial charge in [-0.1, -0.05) is 12.1 Å². The van der Waals surface area contributed by atoms with E-state index in [0.29, 0.717) is 12.6 Å². The zero-order chi connectivity index (χ0) is 11.7. The number of anilines is 1. The van der Waals surface area contributed by atoms with Crippen LogP contribution in [0.25, 0.3) is 0 Å². The first-order valence-corrected chi connectivity index (χ1v) is 7.09. The summed E-state index contributed by atoms with van der Waals surface area (Å²) in [6, 6.07) is 8.75. The maximum absolute atomic E-state index is 12.1. The molecule has 3 rings (SSSR count). The minimum Gasteiger partial charge on any atom is -0.309 e. The SMILES string of the molecule is O=C(CNC1CC1)N1CCSc2ccccc21. The van der Waals surface area contributed by atoms with Gasteiger partial charge in [-0.2, -0.15) is 0 Å². The third kappa shape index (κ3) is 2.48. The molecule has 0 atom stereocenters. The molecule has 0 spiro atoms. The molecule has 90 valence electrons. The monoisotopic (exact) mass is 248 g/mol. The Morgan fingerprint density at radius 2 is 2.24 bits per heavy atom. The van der Waals surface area contributed by atoms with E-state index in [4.69, 9.17) is 0 Å². The zero-order valence-electron chi connectivity index (χ0n) is 9.69. The van der Waals surface area contributed by atoms with Crippen molar-refractivity contribution in [2.24, 2.45) is 0 Å². The summed E-state index contributed by atoms with van der Waals surface area (Å²) < 4.78 is 0. The van der Waals surface area contributed by atoms with Crippen LogP contribution in [0, 0.1) is 0 Å². The van der Waals surface area contributed by atoms with Gasteiger partial charge in [-0.3, -0.25) is 4.79 Å². The number of benzene rings is 1. The Labute approximate surface area is 106 Å². The van der Waals surface area contributed by atoms with Crippen LogP contribution in [-0.4, -0.2) is 30.8 Å². The van der Waals surface area contributed by atoms with Gasteiger partial charge in [0.25, 0.3) is 0 Å². The molecule has 0 unspecified atom stereocenters. The van der Waals surface area contributed by atoms with Gasteiger partial charge in [-0.25, -0.2) is 0 Å². The van der Waals surface area contributed by atoms with Gasteiger partial charge in [-0.15, -0.1) is 11.8 Å². The normalized spacial score (nSPS) is 18.9. The molecule has 1 amide bonds. The highest BCUT2D eigenvalue weighted by molar-refractivity contribution is 7.99. The standard InChI is InChI=1S/C13H16N2OS/c16-13(9-14-10-5-6-10)15-7-8-17-12-4-2-1-3-11(12)15/h1-4,10,14H,5-9H2. The third-order valence-corrected chi connectivity index (χ3v) is 4.19. The van der Waals surface area contributed by atoms with Crippen LogP contribution in [0.15, 0.2) is 29.2 Å². The molecule has 3 nitrogen and oxygen atoms in total. The summed E-state index contributed by atoms with van der Waals surface area (Å²) in [6.45, 7) is 1.30. The molecule has 1 aromatic rings. The number of fused-ring (bicyclic) bond motifs is 1. The fourth-order valence-corrected chi connectivity index (χ4v) is 3.04. The van der Waals surface area contributed by atoms with Crippen molar-refractivity contribution < 1.29 is 4.79 Å². The van der Waals surface area contributed by atoms with Gasteiger partial charge in [0.05, 0.1) is 12.2 Å². The number of thioether (sulfide) groups is 1. The van der Waals surface area contributed by atoms with Crippen LogP contribution in [0.5, 0.6) is 0 Å². The van der Waals surface area contributed by atoms with Gasteiger partial charge in [0.1, 0.15) is 0 Å². The molecule has 17 heavy (non-hydrogen) atoms. The minimum atomic E-state index is 0.199. The molecule has 1 N–H and O–H groups in total. The number of rotatable bonds is 3. The molecule has 1 heterocycles. The van der Waals surface area contributed by atoms with Crippen molar-refractivity contribution in [1.82, 2.24) is 5.32 Å². The lowest BCUT2D eigenvalue weighted by atomic mass is 10.2. The van der Waals surface area contributed by atoms with Gasteiger partial charge in [0.2, 0.25) is 5.91 Å². The van der Waals surface area contributed by atoms with Crippen LogP contribution in [-0.2, 0) is 4.79 Å². The molecule has 1 aromatic carbocycles. The van der Waals surface area contributed by atoms with Crippen LogP contribution < -0.4 is 10.2 Å². The molecule has 0 saturated heterocycles. The summed E-state index contributed by atoms with van der Waals surface area (Å²) in [5.74, 6) is 1.19. The summed E-state index contributed by atoms with van der Waals surface area (Å²) in [5.41, 5.74) is 1.08. The fourth-order valence-electron chi connectivity index (χ4n) is 2.04. The summed E-state index contributed by atoms with van der Waals surface area (Å²) >= 11 is 1.83. The van der Waals surface area contributed by atoms with Crippen molar-refractivity contribution in [2.75, 3.05) is 23.7 Å². The topological polar surface area (TPSA) is 32.3 Å². The van der Waals surface area contributed by atoms with Gasteiger partial charge < -0.3 is 10.2 Å². The lowest BCUT2D eigenvalue weighted by Gasteiger charge is -2.29. The molecule has 0 bridgehead atoms. The van der Waals surface area contributed by atoms with E-state index in [1.54, 1.807) is 0 Å². The highest BCUT2D eigenvalue weighted by Gasteiger charge is 2.25. The first kappa shape index (κ1) is 11.1. The highest BCUT2D eigenvalue weighted by atomic mass is 32.2. The Kier molecular flexibility index (Phi) is 3.07. The zero-order valence-corrected chi connectivity index (χ0v) is 10.5. The second kappa shape index (κ2) is 4.70. The van der Waals surface area contributed by atoms with Crippen LogP contribution in [0.3, 0.4) is 0 Å². The third-order valence-electron chi connectivity index (χ3n) is 3.15. The van der Waals surface area contributed by atoms with E-state index in [-0.39, 0.29) is 5.91 Å². The van der Waals surface area contributed by atoms with Crippen molar-refractivity contribution in [3.63, 3.8) is 0 Å². The molecule has 1 saturated carbocycles. The van der Waals surface area contributed by atoms with Gasteiger partial charge in [0, 0.05) is 23.2 Å². The van der Waals surface area contributed by atoms with Crippen LogP contribution >= 0.6 is 11.8 Å². The molecule has 1 aliphatic carbocycles. The van der Waals surface area contributed by atoms with E-state index < -0.39 is 0 Å². The molecule has 0 aromatic heterocycles. The Morgan fingerprint density at radius 1 is 1.41 bits per heavy atom. The highest BCUT2D eigenvalue weighted by Crippen LogP contribution is 2.34. The Balaban J connectivity index is 1.72. The Morgan fingerprint density at radius 3 is 3.06 bits per heavy atom. The molecule has 1 aliphatic heterocycles. The maximum atomic E-state index is 12.1. The number of nitrogens with zero attached hydrogens (tertiary/aromatic N) is 1. The second-order valence-electron chi connectivity index (χ2n) is 4.52. The fraction of sp³-hybridized carbons (Fsp3) is 0.462. The molecule has 0 radical (unpaired) electrons. The molecule has 1 fully saturated rings. The summed E-state index contributed by atoms with van der Waals surface area (Å²) in [4.78, 5) is 15.3. The molecular formula is C13H16N2OS. The van der Waals surface area contributed by atoms with Crippen molar-refractivity contribution in [2.45, 2.75) is 23.8 Å². The maximum Gasteiger partial charge on any atom is 0.241 e. The van der Waals surface area contributed by atoms with E-state index in [1.807, 2.05) is 34.9 Å². The smallest absolute Gasteiger partial charge is 0.241 e. The minimum absolute atomic E-state index is 0.199. The van der Waals surface area contributed by atoms with Gasteiger partial charge in [-0.05, 0) is 25.0 Å². The summed E-state index contributed by atoms with van der Waals surface area (Å²) in [6.07, 6.45) is 2.44. The Hall–Kier alpha value is -1.00. The number of amides is 1. The van der Waals surface area contributed by atoms with E-state index >= 15 is 0 Å². The largest absolute Gasteiger partial charge is 0.309 e. The summed E-state index contributed by atoms with van der Waals surface area (Å²) in [5, 5.41) is 3.29. The molecule has 2 aliphatic rings. The van der Waals surface area contributed by atoms with Crippen molar-refractivity contribution in [3.05, 3.63) is 24.3 Å². The number of carbonyl (C=O) groups is 1. The quantitative estimate of drug-likeness (QED) is 0.886. The lowest BCUT2D eigenvalue weighted by molar-refractivity contribution is -0.117. The van der Waals surface area contributed by atoms with E-state index in [1.165, 1.54) is 17.7 Å². The van der Waals surface area contributed by atoms with Gasteiger partial charge in [0.15, 0.2) is 0 Å². The predicted molar refractivity (Wildman–Crippen MR) is 70.5 cm³/mol. The van der Waals surface area contributed by atoms with Crippen molar-refractivity contribution in [3.8, 4) is 0 Å². The van der Waals surface area contributed by atoms with E-state index in [9.17, 15) is 4.79 Å². The van der Waals surface area contributed by atoms with Gasteiger partial charge >= 0.3 is 0 Å². The molecule has 4 heteroatoms. The average Bonchev–Trinajstić information content (AvgIpc) is 3.19. The number of hydrogen-bond acceptors (Lipinski definition) is 3. The predicted octanol–water partition coefficient (Wildman–Crippen LogP) is 1.88. The van der Waals surface area contributed by atoms with E-state index in [0.717, 1.165) is 18.0 Å². The number of para-hydroxylation sites is 1. The van der Waals surface area contributed by atoms with Crippen LogP contribution in [0.4, 0.5) is 5.69 Å². The van der Waals surface area contributed by atoms with Crippen LogP contribution in [0.2, 0.25) is 0 Å². The van der Waals surface area contributed by atoms with Crippen molar-refractivity contribution >= 4 is 23.4 Å². The Bertz CT molecular complexity index is 431. The van der Waals surface area contributed by atoms with Crippen molar-refractivity contribution in [1.29, 1.82) is 0 Å². The number of nitrogens with one attached hydrogen (secondary N) is 1.